The van der Waals surface area contributed by atoms with E-state index in [4.69, 9.17) is 14.2 Å². The van der Waals surface area contributed by atoms with Crippen LogP contribution in [0.5, 0.6) is 5.75 Å². The molecule has 1 amide bonds. The SMILES string of the molecule is CCCS(=O)(=O)N(C(=O)c1cc(C(=O)OCC)cc(C(=O)OCC)c1)c1ccc(OC)c(F)c1. The Morgan fingerprint density at radius 2 is 1.41 bits per heavy atom. The minimum Gasteiger partial charge on any atom is -0.494 e. The van der Waals surface area contributed by atoms with E-state index in [9.17, 15) is 27.2 Å². The summed E-state index contributed by atoms with van der Waals surface area (Å²) >= 11 is 0. The van der Waals surface area contributed by atoms with Gasteiger partial charge in [0.25, 0.3) is 5.91 Å². The number of amides is 1. The molecule has 0 aliphatic rings. The molecule has 0 spiro atoms. The van der Waals surface area contributed by atoms with Gasteiger partial charge in [-0.2, -0.15) is 0 Å². The zero-order chi connectivity index (χ0) is 25.5. The van der Waals surface area contributed by atoms with Crippen molar-refractivity contribution in [3.63, 3.8) is 0 Å². The molecule has 0 atom stereocenters. The second-order valence-electron chi connectivity index (χ2n) is 6.94. The van der Waals surface area contributed by atoms with E-state index in [0.717, 1.165) is 18.2 Å². The van der Waals surface area contributed by atoms with E-state index in [0.29, 0.717) is 4.31 Å². The topological polar surface area (TPSA) is 116 Å². The fraction of sp³-hybridized carbons (Fsp3) is 0.348. The van der Waals surface area contributed by atoms with Gasteiger partial charge in [0.15, 0.2) is 11.6 Å². The number of carbonyl (C=O) groups excluding carboxylic acids is 3. The van der Waals surface area contributed by atoms with Gasteiger partial charge in [-0.05, 0) is 50.6 Å². The Bertz CT molecular complexity index is 1140. The molecular formula is C23H26FNO8S. The highest BCUT2D eigenvalue weighted by atomic mass is 32.2. The normalized spacial score (nSPS) is 11.0. The second kappa shape index (κ2) is 11.6. The summed E-state index contributed by atoms with van der Waals surface area (Å²) in [7, 11) is -3.01. The van der Waals surface area contributed by atoms with Crippen molar-refractivity contribution in [2.24, 2.45) is 0 Å². The largest absolute Gasteiger partial charge is 0.494 e. The highest BCUT2D eigenvalue weighted by molar-refractivity contribution is 7.93. The predicted molar refractivity (Wildman–Crippen MR) is 122 cm³/mol. The highest BCUT2D eigenvalue weighted by Crippen LogP contribution is 2.28. The number of methoxy groups -OCH3 is 1. The highest BCUT2D eigenvalue weighted by Gasteiger charge is 2.31. The number of ether oxygens (including phenoxy) is 3. The van der Waals surface area contributed by atoms with Crippen LogP contribution in [0.2, 0.25) is 0 Å². The van der Waals surface area contributed by atoms with Gasteiger partial charge in [0.05, 0.1) is 42.9 Å². The first kappa shape index (κ1) is 26.8. The maximum Gasteiger partial charge on any atom is 0.338 e. The Labute approximate surface area is 197 Å². The summed E-state index contributed by atoms with van der Waals surface area (Å²) in [5, 5.41) is 0. The van der Waals surface area contributed by atoms with E-state index in [1.54, 1.807) is 20.8 Å². The van der Waals surface area contributed by atoms with Crippen molar-refractivity contribution in [1.29, 1.82) is 0 Å². The lowest BCUT2D eigenvalue weighted by Crippen LogP contribution is -2.38. The minimum absolute atomic E-state index is 0.0356. The number of hydrogen-bond acceptors (Lipinski definition) is 8. The minimum atomic E-state index is -4.25. The van der Waals surface area contributed by atoms with Crippen LogP contribution < -0.4 is 9.04 Å². The van der Waals surface area contributed by atoms with Crippen LogP contribution in [0, 0.1) is 5.82 Å². The van der Waals surface area contributed by atoms with Crippen LogP contribution in [0.15, 0.2) is 36.4 Å². The number of benzene rings is 2. The summed E-state index contributed by atoms with van der Waals surface area (Å²) in [6.45, 7) is 4.84. The molecule has 34 heavy (non-hydrogen) atoms. The van der Waals surface area contributed by atoms with E-state index in [1.165, 1.54) is 25.3 Å². The molecule has 0 saturated heterocycles. The molecule has 0 saturated carbocycles. The summed E-state index contributed by atoms with van der Waals surface area (Å²) in [6, 6.07) is 6.66. The van der Waals surface area contributed by atoms with Crippen molar-refractivity contribution in [3.05, 3.63) is 58.9 Å². The Morgan fingerprint density at radius 1 is 0.882 bits per heavy atom. The number of anilines is 1. The zero-order valence-electron chi connectivity index (χ0n) is 19.3. The van der Waals surface area contributed by atoms with E-state index < -0.39 is 39.4 Å². The average Bonchev–Trinajstić information content (AvgIpc) is 2.79. The molecule has 0 bridgehead atoms. The van der Waals surface area contributed by atoms with E-state index in [2.05, 4.69) is 0 Å². The van der Waals surface area contributed by atoms with Crippen LogP contribution >= 0.6 is 0 Å². The third-order valence-electron chi connectivity index (χ3n) is 4.50. The third-order valence-corrected chi connectivity index (χ3v) is 6.35. The lowest BCUT2D eigenvalue weighted by Gasteiger charge is -2.23. The lowest BCUT2D eigenvalue weighted by atomic mass is 10.0. The van der Waals surface area contributed by atoms with E-state index >= 15 is 0 Å². The Balaban J connectivity index is 2.71. The molecule has 0 N–H and O–H groups in total. The standard InChI is InChI=1S/C23H26FNO8S/c1-5-10-34(29,30)25(18-8-9-20(31-4)19(24)14-18)21(26)15-11-16(22(27)32-6-2)13-17(12-15)23(28)33-7-3/h8-9,11-14H,5-7,10H2,1-4H3. The molecule has 0 radical (unpaired) electrons. The average molecular weight is 496 g/mol. The van der Waals surface area contributed by atoms with E-state index in [-0.39, 0.29) is 47.8 Å². The molecule has 0 aliphatic carbocycles. The first-order valence-electron chi connectivity index (χ1n) is 10.5. The molecule has 0 aliphatic heterocycles. The first-order valence-corrected chi connectivity index (χ1v) is 12.1. The molecule has 2 aromatic rings. The van der Waals surface area contributed by atoms with Crippen molar-refractivity contribution < 1.29 is 41.4 Å². The fourth-order valence-corrected chi connectivity index (χ4v) is 4.56. The van der Waals surface area contributed by atoms with Crippen LogP contribution in [0.3, 0.4) is 0 Å². The van der Waals surface area contributed by atoms with Crippen LogP contribution in [-0.2, 0) is 19.5 Å². The third kappa shape index (κ3) is 6.10. The molecule has 184 valence electrons. The van der Waals surface area contributed by atoms with Gasteiger partial charge < -0.3 is 14.2 Å². The van der Waals surface area contributed by atoms with Gasteiger partial charge >= 0.3 is 11.9 Å². The number of rotatable bonds is 10. The number of nitrogens with zero attached hydrogens (tertiary/aromatic N) is 1. The molecular weight excluding hydrogens is 469 g/mol. The predicted octanol–water partition coefficient (Wildman–Crippen LogP) is 3.57. The molecule has 0 aromatic heterocycles. The number of sulfonamides is 1. The Morgan fingerprint density at radius 3 is 1.85 bits per heavy atom. The molecule has 0 heterocycles. The summed E-state index contributed by atoms with van der Waals surface area (Å²) in [4.78, 5) is 38.1. The summed E-state index contributed by atoms with van der Waals surface area (Å²) in [5.74, 6) is -4.15. The van der Waals surface area contributed by atoms with Crippen molar-refractivity contribution in [2.45, 2.75) is 27.2 Å². The summed E-state index contributed by atoms with van der Waals surface area (Å²) in [6.07, 6.45) is 0.182. The van der Waals surface area contributed by atoms with Gasteiger partial charge in [0, 0.05) is 11.6 Å². The van der Waals surface area contributed by atoms with Crippen molar-refractivity contribution in [1.82, 2.24) is 0 Å². The molecule has 2 aromatic carbocycles. The summed E-state index contributed by atoms with van der Waals surface area (Å²) in [5.41, 5.74) is -0.866. The second-order valence-corrected chi connectivity index (χ2v) is 8.88. The Hall–Kier alpha value is -3.47. The van der Waals surface area contributed by atoms with Gasteiger partial charge in [0.2, 0.25) is 10.0 Å². The van der Waals surface area contributed by atoms with Crippen LogP contribution in [0.1, 0.15) is 58.3 Å². The number of esters is 2. The molecule has 2 rings (SSSR count). The molecule has 0 fully saturated rings. The number of hydrogen-bond donors (Lipinski definition) is 0. The van der Waals surface area contributed by atoms with E-state index in [1.807, 2.05) is 0 Å². The molecule has 0 unspecified atom stereocenters. The molecule has 11 heteroatoms. The zero-order valence-corrected chi connectivity index (χ0v) is 20.1. The smallest absolute Gasteiger partial charge is 0.338 e. The Kier molecular flexibility index (Phi) is 9.13. The first-order chi connectivity index (χ1) is 16.1. The van der Waals surface area contributed by atoms with Gasteiger partial charge in [-0.15, -0.1) is 0 Å². The maximum atomic E-state index is 14.4. The van der Waals surface area contributed by atoms with Crippen molar-refractivity contribution in [3.8, 4) is 5.75 Å². The van der Waals surface area contributed by atoms with Crippen LogP contribution in [0.4, 0.5) is 10.1 Å². The number of halogens is 1. The quantitative estimate of drug-likeness (QED) is 0.459. The lowest BCUT2D eigenvalue weighted by molar-refractivity contribution is 0.0525. The van der Waals surface area contributed by atoms with Crippen molar-refractivity contribution in [2.75, 3.05) is 30.4 Å². The molecule has 9 nitrogen and oxygen atoms in total. The van der Waals surface area contributed by atoms with Gasteiger partial charge in [-0.3, -0.25) is 4.79 Å². The van der Waals surface area contributed by atoms with Gasteiger partial charge in [-0.1, -0.05) is 6.92 Å². The van der Waals surface area contributed by atoms with Crippen LogP contribution in [0.25, 0.3) is 0 Å². The van der Waals surface area contributed by atoms with Crippen LogP contribution in [-0.4, -0.2) is 52.3 Å². The monoisotopic (exact) mass is 495 g/mol. The van der Waals surface area contributed by atoms with Gasteiger partial charge in [-0.25, -0.2) is 26.7 Å². The van der Waals surface area contributed by atoms with Gasteiger partial charge in [0.1, 0.15) is 0 Å². The summed E-state index contributed by atoms with van der Waals surface area (Å²) < 4.78 is 55.6. The van der Waals surface area contributed by atoms with Crippen molar-refractivity contribution >= 4 is 33.6 Å². The maximum absolute atomic E-state index is 14.4. The number of carbonyl (C=O) groups is 3. The fourth-order valence-electron chi connectivity index (χ4n) is 3.07.